The van der Waals surface area contributed by atoms with Crippen LogP contribution in [0.2, 0.25) is 0 Å². The van der Waals surface area contributed by atoms with E-state index in [1.165, 1.54) is 0 Å². The number of nitrogens with one attached hydrogen (secondary N) is 1. The summed E-state index contributed by atoms with van der Waals surface area (Å²) in [5.41, 5.74) is 1.90. The molecule has 2 heterocycles. The van der Waals surface area contributed by atoms with Gasteiger partial charge in [-0.2, -0.15) is 0 Å². The fraction of sp³-hybridized carbons (Fsp3) is 0.571. The number of rotatable bonds is 6. The molecule has 2 aliphatic heterocycles. The van der Waals surface area contributed by atoms with Crippen LogP contribution in [-0.4, -0.2) is 54.7 Å². The summed E-state index contributed by atoms with van der Waals surface area (Å²) in [6.07, 6.45) is 5.59. The first-order chi connectivity index (χ1) is 20.6. The lowest BCUT2D eigenvalue weighted by molar-refractivity contribution is -0.148. The fourth-order valence-corrected chi connectivity index (χ4v) is 6.51. The van der Waals surface area contributed by atoms with Gasteiger partial charge in [-0.05, 0) is 94.3 Å². The van der Waals surface area contributed by atoms with Crippen LogP contribution in [0.4, 0.5) is 4.79 Å². The molecular weight excluding hydrogens is 544 g/mol. The first-order valence-corrected chi connectivity index (χ1v) is 15.7. The van der Waals surface area contributed by atoms with Crippen molar-refractivity contribution >= 4 is 18.0 Å². The van der Waals surface area contributed by atoms with Crippen LogP contribution in [-0.2, 0) is 37.0 Å². The Morgan fingerprint density at radius 3 is 1.63 bits per heavy atom. The SMILES string of the molecule is CC(C)(C)OC(=O)N1CCC2(CC1)CC2C(=O)OCc1ccccc1.O=C(OCc1ccccc1)C1CC12CCNCC2. The molecule has 8 nitrogen and oxygen atoms in total. The van der Waals surface area contributed by atoms with Crippen molar-refractivity contribution in [2.75, 3.05) is 26.2 Å². The Kier molecular flexibility index (Phi) is 9.45. The highest BCUT2D eigenvalue weighted by atomic mass is 16.6. The van der Waals surface area contributed by atoms with E-state index in [4.69, 9.17) is 14.2 Å². The smallest absolute Gasteiger partial charge is 0.410 e. The molecule has 4 fully saturated rings. The van der Waals surface area contributed by atoms with Crippen molar-refractivity contribution in [1.29, 1.82) is 0 Å². The molecule has 6 rings (SSSR count). The first-order valence-electron chi connectivity index (χ1n) is 15.7. The Morgan fingerprint density at radius 1 is 0.744 bits per heavy atom. The van der Waals surface area contributed by atoms with Gasteiger partial charge < -0.3 is 24.4 Å². The Labute approximate surface area is 255 Å². The molecule has 1 amide bonds. The minimum absolute atomic E-state index is 0.000697. The zero-order valence-corrected chi connectivity index (χ0v) is 25.8. The second kappa shape index (κ2) is 13.1. The maximum absolute atomic E-state index is 12.3. The molecule has 2 atom stereocenters. The van der Waals surface area contributed by atoms with Gasteiger partial charge in [-0.25, -0.2) is 4.79 Å². The van der Waals surface area contributed by atoms with E-state index >= 15 is 0 Å². The van der Waals surface area contributed by atoms with Gasteiger partial charge >= 0.3 is 18.0 Å². The van der Waals surface area contributed by atoms with Gasteiger partial charge in [0.15, 0.2) is 0 Å². The molecule has 1 N–H and O–H groups in total. The fourth-order valence-electron chi connectivity index (χ4n) is 6.51. The minimum atomic E-state index is -0.477. The van der Waals surface area contributed by atoms with Crippen molar-refractivity contribution < 1.29 is 28.6 Å². The number of hydrogen-bond donors (Lipinski definition) is 1. The van der Waals surface area contributed by atoms with Gasteiger partial charge in [0.25, 0.3) is 0 Å². The predicted octanol–water partition coefficient (Wildman–Crippen LogP) is 5.89. The van der Waals surface area contributed by atoms with Crippen molar-refractivity contribution in [3.63, 3.8) is 0 Å². The molecule has 2 saturated heterocycles. The molecule has 43 heavy (non-hydrogen) atoms. The summed E-state index contributed by atoms with van der Waals surface area (Å²) in [7, 11) is 0. The Bertz CT molecular complexity index is 1240. The number of ether oxygens (including phenoxy) is 3. The third-order valence-corrected chi connectivity index (χ3v) is 9.41. The maximum Gasteiger partial charge on any atom is 0.410 e. The zero-order chi connectivity index (χ0) is 30.5. The lowest BCUT2D eigenvalue weighted by Gasteiger charge is -2.34. The van der Waals surface area contributed by atoms with Crippen LogP contribution in [0.25, 0.3) is 0 Å². The number of hydrogen-bond acceptors (Lipinski definition) is 7. The van der Waals surface area contributed by atoms with Crippen molar-refractivity contribution in [1.82, 2.24) is 10.2 Å². The normalized spacial score (nSPS) is 23.0. The molecule has 2 aliphatic carbocycles. The third-order valence-electron chi connectivity index (χ3n) is 9.41. The number of benzene rings is 2. The Balaban J connectivity index is 0.000000180. The first kappa shape index (κ1) is 31.0. The molecule has 8 heteroatoms. The number of carbonyl (C=O) groups is 3. The van der Waals surface area contributed by atoms with E-state index in [1.54, 1.807) is 4.90 Å². The van der Waals surface area contributed by atoms with Gasteiger partial charge in [0.2, 0.25) is 0 Å². The molecule has 0 bridgehead atoms. The second-order valence-corrected chi connectivity index (χ2v) is 13.6. The lowest BCUT2D eigenvalue weighted by atomic mass is 9.91. The minimum Gasteiger partial charge on any atom is -0.461 e. The van der Waals surface area contributed by atoms with E-state index in [2.05, 4.69) is 5.32 Å². The molecule has 4 aliphatic rings. The number of carbonyl (C=O) groups excluding carboxylic acids is 3. The van der Waals surface area contributed by atoms with Gasteiger partial charge in [0, 0.05) is 13.1 Å². The third kappa shape index (κ3) is 8.17. The summed E-state index contributed by atoms with van der Waals surface area (Å²) in [6.45, 7) is 9.74. The van der Waals surface area contributed by atoms with Crippen LogP contribution in [0.1, 0.15) is 70.4 Å². The van der Waals surface area contributed by atoms with Crippen molar-refractivity contribution in [2.24, 2.45) is 22.7 Å². The summed E-state index contributed by atoms with van der Waals surface area (Å²) >= 11 is 0. The molecule has 2 aromatic carbocycles. The van der Waals surface area contributed by atoms with E-state index in [0.717, 1.165) is 62.7 Å². The van der Waals surface area contributed by atoms with Gasteiger partial charge in [-0.3, -0.25) is 9.59 Å². The molecular formula is C35H46N2O6. The molecule has 232 valence electrons. The van der Waals surface area contributed by atoms with Gasteiger partial charge in [-0.1, -0.05) is 60.7 Å². The highest BCUT2D eigenvalue weighted by molar-refractivity contribution is 5.77. The Hall–Kier alpha value is -3.39. The van der Waals surface area contributed by atoms with E-state index in [9.17, 15) is 14.4 Å². The molecule has 2 aromatic rings. The summed E-state index contributed by atoms with van der Waals surface area (Å²) < 4.78 is 16.3. The zero-order valence-electron chi connectivity index (χ0n) is 25.8. The molecule has 2 unspecified atom stereocenters. The van der Waals surface area contributed by atoms with Crippen LogP contribution in [0, 0.1) is 22.7 Å². The highest BCUT2D eigenvalue weighted by Gasteiger charge is 2.60. The molecule has 2 spiro atoms. The van der Waals surface area contributed by atoms with E-state index in [-0.39, 0.29) is 40.7 Å². The topological polar surface area (TPSA) is 94.2 Å². The average Bonchev–Trinajstić information content (AvgIpc) is 3.91. The largest absolute Gasteiger partial charge is 0.461 e. The van der Waals surface area contributed by atoms with Crippen molar-refractivity contribution in [2.45, 2.75) is 78.1 Å². The van der Waals surface area contributed by atoms with Crippen LogP contribution in [0.15, 0.2) is 60.7 Å². The van der Waals surface area contributed by atoms with Crippen LogP contribution in [0.3, 0.4) is 0 Å². The van der Waals surface area contributed by atoms with E-state index in [1.807, 2.05) is 81.4 Å². The van der Waals surface area contributed by atoms with Crippen molar-refractivity contribution in [3.8, 4) is 0 Å². The second-order valence-electron chi connectivity index (χ2n) is 13.6. The quantitative estimate of drug-likeness (QED) is 0.331. The molecule has 0 aromatic heterocycles. The Morgan fingerprint density at radius 2 is 1.19 bits per heavy atom. The average molecular weight is 591 g/mol. The number of amides is 1. The summed E-state index contributed by atoms with van der Waals surface area (Å²) in [5.74, 6) is 0.0376. The van der Waals surface area contributed by atoms with Gasteiger partial charge in [0.1, 0.15) is 18.8 Å². The lowest BCUT2D eigenvalue weighted by Crippen LogP contribution is -2.42. The monoisotopic (exact) mass is 590 g/mol. The number of likely N-dealkylation sites (tertiary alicyclic amines) is 1. The summed E-state index contributed by atoms with van der Waals surface area (Å²) in [6, 6.07) is 19.6. The summed E-state index contributed by atoms with van der Waals surface area (Å²) in [4.78, 5) is 38.2. The van der Waals surface area contributed by atoms with E-state index in [0.29, 0.717) is 26.3 Å². The molecule has 2 saturated carbocycles. The number of nitrogens with zero attached hydrogens (tertiary/aromatic N) is 1. The van der Waals surface area contributed by atoms with Crippen LogP contribution in [0.5, 0.6) is 0 Å². The molecule has 0 radical (unpaired) electrons. The van der Waals surface area contributed by atoms with Crippen LogP contribution >= 0.6 is 0 Å². The predicted molar refractivity (Wildman–Crippen MR) is 163 cm³/mol. The van der Waals surface area contributed by atoms with Crippen LogP contribution < -0.4 is 5.32 Å². The standard InChI is InChI=1S/C20H27NO4.C15H19NO2/c1-19(2,3)25-18(23)21-11-9-20(10-12-21)13-16(20)17(22)24-14-15-7-5-4-6-8-15;17-14(18-11-12-4-2-1-3-5-12)13-10-15(13)6-8-16-9-7-15/h4-8,16H,9-14H2,1-3H3;1-5,13,16H,6-11H2. The van der Waals surface area contributed by atoms with E-state index < -0.39 is 5.60 Å². The number of piperidine rings is 2. The van der Waals surface area contributed by atoms with Gasteiger partial charge in [-0.15, -0.1) is 0 Å². The van der Waals surface area contributed by atoms with Gasteiger partial charge in [0.05, 0.1) is 11.8 Å². The summed E-state index contributed by atoms with van der Waals surface area (Å²) in [5, 5.41) is 3.35. The van der Waals surface area contributed by atoms with Crippen molar-refractivity contribution in [3.05, 3.63) is 71.8 Å². The highest BCUT2D eigenvalue weighted by Crippen LogP contribution is 2.60. The number of esters is 2. The maximum atomic E-state index is 12.3.